The quantitative estimate of drug-likeness (QED) is 0.750. The number of thiol groups is 1. The van der Waals surface area contributed by atoms with Crippen molar-refractivity contribution in [2.24, 2.45) is 0 Å². The Bertz CT molecular complexity index is 357. The van der Waals surface area contributed by atoms with Gasteiger partial charge in [0.25, 0.3) is 0 Å². The zero-order valence-corrected chi connectivity index (χ0v) is 12.4. The highest BCUT2D eigenvalue weighted by Crippen LogP contribution is 2.26. The average molecular weight is 279 g/mol. The predicted molar refractivity (Wildman–Crippen MR) is 84.0 cm³/mol. The predicted octanol–water partition coefficient (Wildman–Crippen LogP) is 2.94. The first-order chi connectivity index (χ1) is 9.35. The number of hydrogen-bond donors (Lipinski definition) is 2. The topological polar surface area (TPSA) is 23.5 Å². The molecule has 1 aliphatic rings. The van der Waals surface area contributed by atoms with Crippen LogP contribution in [0.1, 0.15) is 37.2 Å². The summed E-state index contributed by atoms with van der Waals surface area (Å²) in [6.07, 6.45) is 4.64. The molecule has 0 amide bonds. The maximum Gasteiger partial charge on any atom is 0.0431 e. The second-order valence-corrected chi connectivity index (χ2v) is 5.81. The van der Waals surface area contributed by atoms with Crippen molar-refractivity contribution in [3.05, 3.63) is 35.9 Å². The smallest absolute Gasteiger partial charge is 0.0431 e. The fraction of sp³-hybridized carbons (Fsp3) is 0.625. The molecule has 2 unspecified atom stereocenters. The third-order valence-electron chi connectivity index (χ3n) is 4.14. The van der Waals surface area contributed by atoms with E-state index < -0.39 is 0 Å². The van der Waals surface area contributed by atoms with E-state index in [4.69, 9.17) is 5.11 Å². The van der Waals surface area contributed by atoms with Crippen LogP contribution in [0.15, 0.2) is 30.3 Å². The fourth-order valence-electron chi connectivity index (χ4n) is 3.07. The van der Waals surface area contributed by atoms with Crippen LogP contribution in [0.2, 0.25) is 0 Å². The summed E-state index contributed by atoms with van der Waals surface area (Å²) >= 11 is 4.53. The third-order valence-corrected chi connectivity index (χ3v) is 4.58. The number of benzene rings is 1. The minimum Gasteiger partial charge on any atom is -0.396 e. The second-order valence-electron chi connectivity index (χ2n) is 5.45. The summed E-state index contributed by atoms with van der Waals surface area (Å²) < 4.78 is 0. The maximum atomic E-state index is 8.99. The Morgan fingerprint density at radius 2 is 2.11 bits per heavy atom. The molecule has 2 atom stereocenters. The molecule has 1 saturated heterocycles. The summed E-state index contributed by atoms with van der Waals surface area (Å²) in [5, 5.41) is 8.99. The first kappa shape index (κ1) is 14.9. The number of rotatable bonds is 7. The third kappa shape index (κ3) is 4.23. The van der Waals surface area contributed by atoms with Crippen LogP contribution in [0.3, 0.4) is 0 Å². The monoisotopic (exact) mass is 279 g/mol. The molecule has 1 fully saturated rings. The maximum absolute atomic E-state index is 8.99. The Morgan fingerprint density at radius 3 is 2.79 bits per heavy atom. The molecule has 19 heavy (non-hydrogen) atoms. The molecule has 1 aromatic rings. The highest BCUT2D eigenvalue weighted by atomic mass is 32.1. The van der Waals surface area contributed by atoms with Gasteiger partial charge in [0, 0.05) is 25.1 Å². The molecule has 1 heterocycles. The van der Waals surface area contributed by atoms with E-state index in [2.05, 4.69) is 47.9 Å². The molecule has 1 aliphatic heterocycles. The van der Waals surface area contributed by atoms with Crippen molar-refractivity contribution < 1.29 is 5.11 Å². The van der Waals surface area contributed by atoms with Crippen LogP contribution in [0.25, 0.3) is 0 Å². The van der Waals surface area contributed by atoms with Gasteiger partial charge in [0.1, 0.15) is 0 Å². The first-order valence-corrected chi connectivity index (χ1v) is 7.99. The fourth-order valence-corrected chi connectivity index (χ4v) is 3.39. The normalized spacial score (nSPS) is 21.7. The summed E-state index contributed by atoms with van der Waals surface area (Å²) in [5.41, 5.74) is 1.39. The number of hydrogen-bond acceptors (Lipinski definition) is 3. The molecule has 0 radical (unpaired) electrons. The van der Waals surface area contributed by atoms with Crippen molar-refractivity contribution in [2.45, 2.75) is 37.6 Å². The molecular formula is C16H25NOS. The number of aliphatic hydroxyl groups excluding tert-OH is 1. The van der Waals surface area contributed by atoms with Crippen molar-refractivity contribution in [1.82, 2.24) is 4.90 Å². The lowest BCUT2D eigenvalue weighted by Crippen LogP contribution is -2.34. The van der Waals surface area contributed by atoms with E-state index in [0.29, 0.717) is 18.6 Å². The zero-order chi connectivity index (χ0) is 13.5. The van der Waals surface area contributed by atoms with Gasteiger partial charge in [-0.15, -0.1) is 0 Å². The Hall–Kier alpha value is -0.510. The van der Waals surface area contributed by atoms with Crippen LogP contribution in [-0.2, 0) is 0 Å². The van der Waals surface area contributed by atoms with Crippen LogP contribution in [0.5, 0.6) is 0 Å². The number of aliphatic hydroxyl groups is 1. The SMILES string of the molecule is OCCCC1CCCN1CC(CS)c1ccccc1. The Morgan fingerprint density at radius 1 is 1.32 bits per heavy atom. The minimum atomic E-state index is 0.318. The second kappa shape index (κ2) is 7.93. The van der Waals surface area contributed by atoms with Crippen LogP contribution in [0.4, 0.5) is 0 Å². The van der Waals surface area contributed by atoms with E-state index in [0.717, 1.165) is 25.1 Å². The van der Waals surface area contributed by atoms with Gasteiger partial charge in [0.15, 0.2) is 0 Å². The van der Waals surface area contributed by atoms with Gasteiger partial charge in [0.05, 0.1) is 0 Å². The van der Waals surface area contributed by atoms with Gasteiger partial charge in [-0.05, 0) is 43.5 Å². The highest BCUT2D eigenvalue weighted by molar-refractivity contribution is 7.80. The molecule has 106 valence electrons. The number of likely N-dealkylation sites (tertiary alicyclic amines) is 1. The van der Waals surface area contributed by atoms with Crippen LogP contribution >= 0.6 is 12.6 Å². The lowest BCUT2D eigenvalue weighted by atomic mass is 9.99. The van der Waals surface area contributed by atoms with E-state index in [9.17, 15) is 0 Å². The largest absolute Gasteiger partial charge is 0.396 e. The van der Waals surface area contributed by atoms with Crippen molar-refractivity contribution in [3.8, 4) is 0 Å². The molecule has 1 aromatic carbocycles. The van der Waals surface area contributed by atoms with Gasteiger partial charge >= 0.3 is 0 Å². The van der Waals surface area contributed by atoms with Crippen molar-refractivity contribution in [1.29, 1.82) is 0 Å². The Kier molecular flexibility index (Phi) is 6.21. The molecule has 0 spiro atoms. The summed E-state index contributed by atoms with van der Waals surface area (Å²) in [7, 11) is 0. The Balaban J connectivity index is 1.94. The van der Waals surface area contributed by atoms with Crippen molar-refractivity contribution >= 4 is 12.6 Å². The van der Waals surface area contributed by atoms with Crippen molar-refractivity contribution in [3.63, 3.8) is 0 Å². The van der Waals surface area contributed by atoms with E-state index in [1.165, 1.54) is 24.9 Å². The molecular weight excluding hydrogens is 254 g/mol. The van der Waals surface area contributed by atoms with Crippen LogP contribution in [0, 0.1) is 0 Å². The summed E-state index contributed by atoms with van der Waals surface area (Å²) in [6.45, 7) is 2.62. The van der Waals surface area contributed by atoms with Gasteiger partial charge in [-0.2, -0.15) is 12.6 Å². The van der Waals surface area contributed by atoms with Crippen molar-refractivity contribution in [2.75, 3.05) is 25.4 Å². The average Bonchev–Trinajstić information content (AvgIpc) is 2.90. The first-order valence-electron chi connectivity index (χ1n) is 7.36. The van der Waals surface area contributed by atoms with Crippen LogP contribution < -0.4 is 0 Å². The Labute approximate surface area is 122 Å². The van der Waals surface area contributed by atoms with E-state index in [1.54, 1.807) is 0 Å². The molecule has 2 nitrogen and oxygen atoms in total. The van der Waals surface area contributed by atoms with E-state index in [-0.39, 0.29) is 0 Å². The lowest BCUT2D eigenvalue weighted by Gasteiger charge is -2.28. The molecule has 0 bridgehead atoms. The molecule has 0 saturated carbocycles. The molecule has 2 rings (SSSR count). The zero-order valence-electron chi connectivity index (χ0n) is 11.5. The number of nitrogens with zero attached hydrogens (tertiary/aromatic N) is 1. The molecule has 1 N–H and O–H groups in total. The van der Waals surface area contributed by atoms with E-state index in [1.807, 2.05) is 0 Å². The van der Waals surface area contributed by atoms with E-state index >= 15 is 0 Å². The minimum absolute atomic E-state index is 0.318. The molecule has 3 heteroatoms. The van der Waals surface area contributed by atoms with Gasteiger partial charge in [-0.3, -0.25) is 4.90 Å². The van der Waals surface area contributed by atoms with Gasteiger partial charge in [-0.1, -0.05) is 30.3 Å². The molecule has 0 aliphatic carbocycles. The summed E-state index contributed by atoms with van der Waals surface area (Å²) in [4.78, 5) is 2.60. The van der Waals surface area contributed by atoms with Gasteiger partial charge in [-0.25, -0.2) is 0 Å². The summed E-state index contributed by atoms with van der Waals surface area (Å²) in [5.74, 6) is 1.41. The van der Waals surface area contributed by atoms with Gasteiger partial charge in [0.2, 0.25) is 0 Å². The lowest BCUT2D eigenvalue weighted by molar-refractivity contribution is 0.209. The van der Waals surface area contributed by atoms with Crippen LogP contribution in [-0.4, -0.2) is 41.5 Å². The molecule has 0 aromatic heterocycles. The summed E-state index contributed by atoms with van der Waals surface area (Å²) in [6, 6.07) is 11.4. The van der Waals surface area contributed by atoms with Gasteiger partial charge < -0.3 is 5.11 Å². The standard InChI is InChI=1S/C16H25NOS/c18-11-5-9-16-8-4-10-17(16)12-15(13-19)14-6-2-1-3-7-14/h1-3,6-7,15-16,18-19H,4-5,8-13H2. The highest BCUT2D eigenvalue weighted by Gasteiger charge is 2.26.